The first kappa shape index (κ1) is 18.0. The summed E-state index contributed by atoms with van der Waals surface area (Å²) in [6.07, 6.45) is 3.19. The molecule has 0 saturated carbocycles. The van der Waals surface area contributed by atoms with Crippen molar-refractivity contribution in [2.75, 3.05) is 0 Å². The number of hydrogen-bond donors (Lipinski definition) is 2. The van der Waals surface area contributed by atoms with E-state index < -0.39 is 0 Å². The van der Waals surface area contributed by atoms with E-state index >= 15 is 0 Å². The van der Waals surface area contributed by atoms with Gasteiger partial charge in [0.25, 0.3) is 5.91 Å². The van der Waals surface area contributed by atoms with Gasteiger partial charge in [0.15, 0.2) is 0 Å². The van der Waals surface area contributed by atoms with Crippen molar-refractivity contribution in [3.05, 3.63) is 51.0 Å². The monoisotopic (exact) mass is 457 g/mol. The Morgan fingerprint density at radius 1 is 1.39 bits per heavy atom. The van der Waals surface area contributed by atoms with Gasteiger partial charge in [-0.05, 0) is 68.6 Å². The number of carbonyl (C=O) groups excluding carboxylic acids is 1. The second kappa shape index (κ2) is 8.47. The number of rotatable bonds is 5. The third kappa shape index (κ3) is 5.33. The van der Waals surface area contributed by atoms with Gasteiger partial charge in [0.05, 0.1) is 25.4 Å². The molecular weight excluding hydrogens is 446 g/mol. The third-order valence-electron chi connectivity index (χ3n) is 2.73. The molecule has 1 aromatic heterocycles. The maximum atomic E-state index is 12.0. The number of amides is 1. The number of nitrogens with zero attached hydrogens (tertiary/aromatic N) is 2. The summed E-state index contributed by atoms with van der Waals surface area (Å²) in [6.45, 7) is 1.79. The van der Waals surface area contributed by atoms with Crippen molar-refractivity contribution in [3.63, 3.8) is 0 Å². The smallest absolute Gasteiger partial charge is 0.253 e. The molecule has 23 heavy (non-hydrogen) atoms. The van der Waals surface area contributed by atoms with Gasteiger partial charge < -0.3 is 5.11 Å². The van der Waals surface area contributed by atoms with Crippen LogP contribution < -0.4 is 5.43 Å². The standard InChI is InChI=1S/C15H13Br2N3O2S/c1-9(23-13-4-2-3-5-18-13)15(22)20-19-8-10-6-11(16)14(21)12(17)7-10/h2-9,21H,1H3,(H,20,22)/b19-8+/t9-/m0/s1. The zero-order valence-corrected chi connectivity index (χ0v) is 16.0. The highest BCUT2D eigenvalue weighted by molar-refractivity contribution is 9.11. The normalized spacial score (nSPS) is 12.3. The molecule has 5 nitrogen and oxygen atoms in total. The van der Waals surface area contributed by atoms with Gasteiger partial charge in [-0.15, -0.1) is 0 Å². The van der Waals surface area contributed by atoms with Crippen molar-refractivity contribution in [2.24, 2.45) is 5.10 Å². The highest BCUT2D eigenvalue weighted by Gasteiger charge is 2.14. The summed E-state index contributed by atoms with van der Waals surface area (Å²) in [5.41, 5.74) is 3.22. The van der Waals surface area contributed by atoms with Gasteiger partial charge in [0, 0.05) is 6.20 Å². The predicted molar refractivity (Wildman–Crippen MR) is 98.8 cm³/mol. The van der Waals surface area contributed by atoms with Gasteiger partial charge >= 0.3 is 0 Å². The molecule has 1 amide bonds. The Labute approximate surface area is 154 Å². The SMILES string of the molecule is C[C@H](Sc1ccccn1)C(=O)N/N=C/c1cc(Br)c(O)c(Br)c1. The average molecular weight is 459 g/mol. The van der Waals surface area contributed by atoms with E-state index in [2.05, 4.69) is 47.4 Å². The summed E-state index contributed by atoms with van der Waals surface area (Å²) in [4.78, 5) is 16.2. The Kier molecular flexibility index (Phi) is 6.61. The number of pyridine rings is 1. The summed E-state index contributed by atoms with van der Waals surface area (Å²) in [6, 6.07) is 8.94. The van der Waals surface area contributed by atoms with Crippen LogP contribution in [0.25, 0.3) is 0 Å². The molecule has 0 radical (unpaired) electrons. The molecule has 8 heteroatoms. The summed E-state index contributed by atoms with van der Waals surface area (Å²) in [7, 11) is 0. The van der Waals surface area contributed by atoms with Crippen LogP contribution >= 0.6 is 43.6 Å². The molecule has 2 rings (SSSR count). The quantitative estimate of drug-likeness (QED) is 0.404. The zero-order chi connectivity index (χ0) is 16.8. The van der Waals surface area contributed by atoms with Gasteiger partial charge in [0.1, 0.15) is 5.75 Å². The van der Waals surface area contributed by atoms with Crippen LogP contribution in [0.3, 0.4) is 0 Å². The number of hydrogen-bond acceptors (Lipinski definition) is 5. The van der Waals surface area contributed by atoms with Crippen LogP contribution in [0, 0.1) is 0 Å². The third-order valence-corrected chi connectivity index (χ3v) is 4.99. The molecule has 0 aliphatic rings. The minimum absolute atomic E-state index is 0.117. The lowest BCUT2D eigenvalue weighted by atomic mass is 10.2. The average Bonchev–Trinajstić information content (AvgIpc) is 2.53. The number of phenolic OH excluding ortho intramolecular Hbond substituents is 1. The van der Waals surface area contributed by atoms with Crippen molar-refractivity contribution in [1.29, 1.82) is 0 Å². The molecule has 2 aromatic rings. The van der Waals surface area contributed by atoms with Gasteiger partial charge in [-0.25, -0.2) is 10.4 Å². The Hall–Kier alpha value is -1.38. The van der Waals surface area contributed by atoms with E-state index in [0.717, 1.165) is 10.6 Å². The van der Waals surface area contributed by atoms with E-state index in [0.29, 0.717) is 8.95 Å². The number of nitrogens with one attached hydrogen (secondary N) is 1. The van der Waals surface area contributed by atoms with Gasteiger partial charge in [-0.1, -0.05) is 17.8 Å². The maximum absolute atomic E-state index is 12.0. The maximum Gasteiger partial charge on any atom is 0.253 e. The van der Waals surface area contributed by atoms with Crippen molar-refractivity contribution >= 4 is 55.7 Å². The summed E-state index contributed by atoms with van der Waals surface area (Å²) < 4.78 is 1.08. The molecule has 0 unspecified atom stereocenters. The first-order valence-electron chi connectivity index (χ1n) is 6.56. The number of hydrazone groups is 1. The number of carbonyl (C=O) groups is 1. The van der Waals surface area contributed by atoms with Gasteiger partial charge in [0.2, 0.25) is 0 Å². The molecule has 1 aromatic carbocycles. The number of aromatic hydroxyl groups is 1. The lowest BCUT2D eigenvalue weighted by molar-refractivity contribution is -0.120. The van der Waals surface area contributed by atoms with Crippen LogP contribution in [-0.2, 0) is 4.79 Å². The van der Waals surface area contributed by atoms with Crippen molar-refractivity contribution in [1.82, 2.24) is 10.4 Å². The van der Waals surface area contributed by atoms with Gasteiger partial charge in [-0.2, -0.15) is 5.10 Å². The highest BCUT2D eigenvalue weighted by Crippen LogP contribution is 2.32. The van der Waals surface area contributed by atoms with E-state index in [9.17, 15) is 9.90 Å². The van der Waals surface area contributed by atoms with E-state index in [1.165, 1.54) is 18.0 Å². The summed E-state index contributed by atoms with van der Waals surface area (Å²) in [5, 5.41) is 14.0. The fraction of sp³-hybridized carbons (Fsp3) is 0.133. The number of thioether (sulfide) groups is 1. The zero-order valence-electron chi connectivity index (χ0n) is 12.0. The van der Waals surface area contributed by atoms with E-state index in [-0.39, 0.29) is 16.9 Å². The Balaban J connectivity index is 1.93. The van der Waals surface area contributed by atoms with E-state index in [1.54, 1.807) is 25.3 Å². The molecule has 120 valence electrons. The topological polar surface area (TPSA) is 74.6 Å². The second-order valence-corrected chi connectivity index (χ2v) is 7.57. The summed E-state index contributed by atoms with van der Waals surface area (Å²) >= 11 is 7.84. The first-order chi connectivity index (χ1) is 11.0. The van der Waals surface area contributed by atoms with Crippen LogP contribution in [0.5, 0.6) is 5.75 Å². The van der Waals surface area contributed by atoms with Crippen LogP contribution in [0.1, 0.15) is 12.5 Å². The fourth-order valence-corrected chi connectivity index (χ4v) is 3.60. The van der Waals surface area contributed by atoms with Crippen LogP contribution in [0.2, 0.25) is 0 Å². The van der Waals surface area contributed by atoms with Crippen LogP contribution in [-0.4, -0.2) is 27.5 Å². The molecule has 0 aliphatic heterocycles. The second-order valence-electron chi connectivity index (χ2n) is 4.50. The van der Waals surface area contributed by atoms with Crippen molar-refractivity contribution in [3.8, 4) is 5.75 Å². The number of benzene rings is 1. The lowest BCUT2D eigenvalue weighted by Crippen LogP contribution is -2.26. The van der Waals surface area contributed by atoms with E-state index in [4.69, 9.17) is 0 Å². The Bertz CT molecular complexity index is 703. The number of halogens is 2. The van der Waals surface area contributed by atoms with Crippen LogP contribution in [0.15, 0.2) is 55.6 Å². The van der Waals surface area contributed by atoms with E-state index in [1.807, 2.05) is 18.2 Å². The predicted octanol–water partition coefficient (Wildman–Crippen LogP) is 3.94. The minimum Gasteiger partial charge on any atom is -0.506 e. The molecular formula is C15H13Br2N3O2S. The molecule has 0 aliphatic carbocycles. The van der Waals surface area contributed by atoms with Crippen molar-refractivity contribution < 1.29 is 9.90 Å². The Morgan fingerprint density at radius 3 is 2.70 bits per heavy atom. The molecule has 0 saturated heterocycles. The molecule has 0 bridgehead atoms. The molecule has 0 fully saturated rings. The minimum atomic E-state index is -0.319. The lowest BCUT2D eigenvalue weighted by Gasteiger charge is -2.08. The summed E-state index contributed by atoms with van der Waals surface area (Å²) in [5.74, 6) is -0.0969. The highest BCUT2D eigenvalue weighted by atomic mass is 79.9. The van der Waals surface area contributed by atoms with Crippen LogP contribution in [0.4, 0.5) is 0 Å². The molecule has 0 spiro atoms. The van der Waals surface area contributed by atoms with Crippen molar-refractivity contribution in [2.45, 2.75) is 17.2 Å². The molecule has 2 N–H and O–H groups in total. The molecule has 1 heterocycles. The first-order valence-corrected chi connectivity index (χ1v) is 9.02. The molecule has 1 atom stereocenters. The van der Waals surface area contributed by atoms with Gasteiger partial charge in [-0.3, -0.25) is 4.79 Å². The number of phenols is 1. The largest absolute Gasteiger partial charge is 0.506 e. The Morgan fingerprint density at radius 2 is 2.09 bits per heavy atom. The number of aromatic nitrogens is 1. The fourth-order valence-electron chi connectivity index (χ4n) is 1.57.